The Morgan fingerprint density at radius 1 is 1.60 bits per heavy atom. The minimum Gasteiger partial charge on any atom is -0.481 e. The van der Waals surface area contributed by atoms with Crippen molar-refractivity contribution in [2.45, 2.75) is 26.5 Å². The van der Waals surface area contributed by atoms with Crippen LogP contribution in [0.1, 0.15) is 25.7 Å². The zero-order valence-electron chi connectivity index (χ0n) is 8.91. The molecule has 2 atom stereocenters. The maximum Gasteiger partial charge on any atom is 0.308 e. The van der Waals surface area contributed by atoms with Crippen molar-refractivity contribution in [2.24, 2.45) is 5.92 Å². The molecule has 7 nitrogen and oxygen atoms in total. The van der Waals surface area contributed by atoms with E-state index in [0.717, 1.165) is 0 Å². The van der Waals surface area contributed by atoms with Gasteiger partial charge in [0.1, 0.15) is 6.61 Å². The highest BCUT2D eigenvalue weighted by molar-refractivity contribution is 5.70. The van der Waals surface area contributed by atoms with Gasteiger partial charge < -0.3 is 9.84 Å². The summed E-state index contributed by atoms with van der Waals surface area (Å²) in [5.41, 5.74) is 0. The molecule has 7 heteroatoms. The molecular formula is C8H14N4O3. The zero-order valence-corrected chi connectivity index (χ0v) is 8.91. The van der Waals surface area contributed by atoms with E-state index >= 15 is 0 Å². The van der Waals surface area contributed by atoms with E-state index in [2.05, 4.69) is 15.5 Å². The van der Waals surface area contributed by atoms with E-state index in [9.17, 15) is 4.79 Å². The second kappa shape index (κ2) is 4.83. The van der Waals surface area contributed by atoms with E-state index in [1.807, 2.05) is 0 Å². The number of tetrazole rings is 1. The van der Waals surface area contributed by atoms with Gasteiger partial charge in [-0.2, -0.15) is 0 Å². The van der Waals surface area contributed by atoms with Crippen LogP contribution >= 0.6 is 0 Å². The Kier molecular flexibility index (Phi) is 3.73. The average molecular weight is 214 g/mol. The summed E-state index contributed by atoms with van der Waals surface area (Å²) in [6.45, 7) is 3.64. The molecule has 0 aromatic carbocycles. The van der Waals surface area contributed by atoms with E-state index in [1.165, 1.54) is 11.8 Å². The Morgan fingerprint density at radius 3 is 2.80 bits per heavy atom. The number of nitrogens with zero attached hydrogens (tertiary/aromatic N) is 4. The largest absolute Gasteiger partial charge is 0.481 e. The van der Waals surface area contributed by atoms with Crippen LogP contribution in [0.15, 0.2) is 0 Å². The third-order valence-electron chi connectivity index (χ3n) is 2.33. The molecule has 1 aromatic rings. The number of rotatable bonds is 5. The van der Waals surface area contributed by atoms with Crippen LogP contribution in [0.2, 0.25) is 0 Å². The van der Waals surface area contributed by atoms with Gasteiger partial charge >= 0.3 is 5.97 Å². The molecular weight excluding hydrogens is 200 g/mol. The lowest BCUT2D eigenvalue weighted by Crippen LogP contribution is -2.24. The van der Waals surface area contributed by atoms with E-state index in [-0.39, 0.29) is 12.6 Å². The second-order valence-corrected chi connectivity index (χ2v) is 3.34. The third kappa shape index (κ3) is 2.50. The van der Waals surface area contributed by atoms with Gasteiger partial charge in [-0.3, -0.25) is 4.79 Å². The van der Waals surface area contributed by atoms with Crippen LogP contribution in [0.25, 0.3) is 0 Å². The molecule has 0 saturated heterocycles. The Morgan fingerprint density at radius 2 is 2.27 bits per heavy atom. The first-order valence-corrected chi connectivity index (χ1v) is 4.56. The predicted octanol–water partition coefficient (Wildman–Crippen LogP) is 0.101. The summed E-state index contributed by atoms with van der Waals surface area (Å²) in [5, 5.41) is 19.9. The van der Waals surface area contributed by atoms with Crippen LogP contribution in [-0.4, -0.2) is 38.4 Å². The number of hydrogen-bond acceptors (Lipinski definition) is 5. The van der Waals surface area contributed by atoms with Gasteiger partial charge in [-0.25, -0.2) is 4.68 Å². The third-order valence-corrected chi connectivity index (χ3v) is 2.33. The van der Waals surface area contributed by atoms with Crippen LogP contribution in [-0.2, 0) is 16.1 Å². The SMILES string of the molecule is COCc1nnnn1C(C)C(C)C(=O)O. The first-order valence-electron chi connectivity index (χ1n) is 4.56. The van der Waals surface area contributed by atoms with Gasteiger partial charge in [0, 0.05) is 7.11 Å². The monoisotopic (exact) mass is 214 g/mol. The first kappa shape index (κ1) is 11.6. The molecule has 0 spiro atoms. The normalized spacial score (nSPS) is 14.9. The molecule has 0 bridgehead atoms. The van der Waals surface area contributed by atoms with Crippen molar-refractivity contribution in [3.63, 3.8) is 0 Å². The molecule has 0 aliphatic heterocycles. The van der Waals surface area contributed by atoms with E-state index < -0.39 is 11.9 Å². The fourth-order valence-electron chi connectivity index (χ4n) is 1.17. The van der Waals surface area contributed by atoms with Crippen molar-refractivity contribution in [2.75, 3.05) is 7.11 Å². The Hall–Kier alpha value is -1.50. The first-order chi connectivity index (χ1) is 7.07. The minimum absolute atomic E-state index is 0.268. The standard InChI is InChI=1S/C8H14N4O3/c1-5(8(13)14)6(2)12-7(4-15-3)9-10-11-12/h5-6H,4H2,1-3H3,(H,13,14). The molecule has 2 unspecified atom stereocenters. The summed E-state index contributed by atoms with van der Waals surface area (Å²) in [6.07, 6.45) is 0. The fraction of sp³-hybridized carbons (Fsp3) is 0.750. The quantitative estimate of drug-likeness (QED) is 0.747. The highest BCUT2D eigenvalue weighted by Gasteiger charge is 2.24. The molecule has 1 heterocycles. The highest BCUT2D eigenvalue weighted by Crippen LogP contribution is 2.17. The van der Waals surface area contributed by atoms with Gasteiger partial charge in [0.2, 0.25) is 0 Å². The molecule has 1 rings (SSSR count). The molecule has 84 valence electrons. The molecule has 0 radical (unpaired) electrons. The Labute approximate surface area is 87.0 Å². The van der Waals surface area contributed by atoms with Crippen molar-refractivity contribution in [3.8, 4) is 0 Å². The van der Waals surface area contributed by atoms with Gasteiger partial charge in [-0.05, 0) is 24.3 Å². The number of carboxylic acid groups (broad SMARTS) is 1. The van der Waals surface area contributed by atoms with E-state index in [0.29, 0.717) is 5.82 Å². The molecule has 0 fully saturated rings. The molecule has 0 aliphatic carbocycles. The van der Waals surface area contributed by atoms with Crippen LogP contribution in [0.4, 0.5) is 0 Å². The van der Waals surface area contributed by atoms with Crippen LogP contribution < -0.4 is 0 Å². The van der Waals surface area contributed by atoms with Gasteiger partial charge in [-0.1, -0.05) is 0 Å². The summed E-state index contributed by atoms with van der Waals surface area (Å²) in [6, 6.07) is -0.303. The van der Waals surface area contributed by atoms with Gasteiger partial charge in [0.25, 0.3) is 0 Å². The zero-order chi connectivity index (χ0) is 11.4. The molecule has 1 N–H and O–H groups in total. The van der Waals surface area contributed by atoms with Crippen LogP contribution in [0.5, 0.6) is 0 Å². The van der Waals surface area contributed by atoms with Gasteiger partial charge in [0.15, 0.2) is 5.82 Å². The summed E-state index contributed by atoms with van der Waals surface area (Å²) in [7, 11) is 1.53. The lowest BCUT2D eigenvalue weighted by molar-refractivity contribution is -0.142. The maximum atomic E-state index is 10.8. The number of ether oxygens (including phenoxy) is 1. The maximum absolute atomic E-state index is 10.8. The summed E-state index contributed by atoms with van der Waals surface area (Å²) < 4.78 is 6.38. The number of carbonyl (C=O) groups is 1. The van der Waals surface area contributed by atoms with Gasteiger partial charge in [0.05, 0.1) is 12.0 Å². The van der Waals surface area contributed by atoms with Crippen LogP contribution in [0.3, 0.4) is 0 Å². The molecule has 0 saturated carbocycles. The Balaban J connectivity index is 2.85. The average Bonchev–Trinajstić information content (AvgIpc) is 2.64. The lowest BCUT2D eigenvalue weighted by Gasteiger charge is -2.16. The number of hydrogen-bond donors (Lipinski definition) is 1. The number of aromatic nitrogens is 4. The predicted molar refractivity (Wildman–Crippen MR) is 50.0 cm³/mol. The molecule has 0 amide bonds. The summed E-state index contributed by atoms with van der Waals surface area (Å²) in [4.78, 5) is 10.8. The Bertz CT molecular complexity index is 338. The fourth-order valence-corrected chi connectivity index (χ4v) is 1.17. The number of methoxy groups -OCH3 is 1. The van der Waals surface area contributed by atoms with E-state index in [4.69, 9.17) is 9.84 Å². The van der Waals surface area contributed by atoms with Crippen molar-refractivity contribution >= 4 is 5.97 Å². The van der Waals surface area contributed by atoms with Crippen molar-refractivity contribution in [1.82, 2.24) is 20.2 Å². The number of aliphatic carboxylic acids is 1. The number of carboxylic acids is 1. The second-order valence-electron chi connectivity index (χ2n) is 3.34. The summed E-state index contributed by atoms with van der Waals surface area (Å²) >= 11 is 0. The lowest BCUT2D eigenvalue weighted by atomic mass is 10.0. The van der Waals surface area contributed by atoms with Gasteiger partial charge in [-0.15, -0.1) is 5.10 Å². The molecule has 1 aromatic heterocycles. The van der Waals surface area contributed by atoms with Crippen molar-refractivity contribution in [1.29, 1.82) is 0 Å². The molecule has 0 aliphatic rings. The summed E-state index contributed by atoms with van der Waals surface area (Å²) in [5.74, 6) is -0.899. The van der Waals surface area contributed by atoms with E-state index in [1.54, 1.807) is 13.8 Å². The molecule has 15 heavy (non-hydrogen) atoms. The van der Waals surface area contributed by atoms with Crippen molar-refractivity contribution < 1.29 is 14.6 Å². The van der Waals surface area contributed by atoms with Crippen LogP contribution in [0, 0.1) is 5.92 Å². The minimum atomic E-state index is -0.874. The van der Waals surface area contributed by atoms with Crippen molar-refractivity contribution in [3.05, 3.63) is 5.82 Å². The topological polar surface area (TPSA) is 90.1 Å². The smallest absolute Gasteiger partial charge is 0.308 e. The highest BCUT2D eigenvalue weighted by atomic mass is 16.5.